The topological polar surface area (TPSA) is 53.2 Å². The van der Waals surface area contributed by atoms with E-state index in [-0.39, 0.29) is 0 Å². The Bertz CT molecular complexity index is 2670. The van der Waals surface area contributed by atoms with Crippen molar-refractivity contribution in [1.29, 1.82) is 5.41 Å². The van der Waals surface area contributed by atoms with Crippen molar-refractivity contribution >= 4 is 65.0 Å². The van der Waals surface area contributed by atoms with E-state index >= 15 is 0 Å². The van der Waals surface area contributed by atoms with Crippen LogP contribution in [0, 0.1) is 5.41 Å². The highest BCUT2D eigenvalue weighted by Gasteiger charge is 2.15. The molecule has 0 fully saturated rings. The average molecular weight is 663 g/mol. The van der Waals surface area contributed by atoms with E-state index in [0.717, 1.165) is 35.0 Å². The summed E-state index contributed by atoms with van der Waals surface area (Å²) in [5.41, 5.74) is 9.05. The molecule has 2 aromatic heterocycles. The SMILES string of the molecule is N=C(/N=C(\NCn1c2ccccc2c2ccc(-c3cccc(-c4cccc5c4sc4ccccc45)c3)cc21)c1ccccc1)C1=CC=CCC1. The van der Waals surface area contributed by atoms with Gasteiger partial charge in [-0.2, -0.15) is 0 Å². The highest BCUT2D eigenvalue weighted by atomic mass is 32.1. The zero-order valence-corrected chi connectivity index (χ0v) is 28.3. The lowest BCUT2D eigenvalue weighted by Gasteiger charge is -2.15. The standard InChI is InChI=1S/C45H34N4S/c46-44(30-13-3-1-4-14-30)48-45(31-15-5-2-6-16-31)47-29-49-40-23-9-7-19-36(40)37-26-25-33(28-41(37)49)32-17-11-18-34(27-32)35-21-12-22-39-38-20-8-10-24-42(38)50-43(35)39/h1-3,5-13,15-28H,4,14,29H2,(H2,46,47,48). The summed E-state index contributed by atoms with van der Waals surface area (Å²) in [5, 5.41) is 17.5. The minimum atomic E-state index is 0.302. The van der Waals surface area contributed by atoms with Crippen molar-refractivity contribution in [3.8, 4) is 22.3 Å². The predicted octanol–water partition coefficient (Wildman–Crippen LogP) is 11.7. The first-order chi connectivity index (χ1) is 24.7. The summed E-state index contributed by atoms with van der Waals surface area (Å²) in [5.74, 6) is 0.993. The number of allylic oxidation sites excluding steroid dienone is 3. The number of aromatic nitrogens is 1. The van der Waals surface area contributed by atoms with Crippen molar-refractivity contribution < 1.29 is 0 Å². The molecule has 0 bridgehead atoms. The molecule has 2 N–H and O–H groups in total. The largest absolute Gasteiger partial charge is 0.352 e. The minimum Gasteiger partial charge on any atom is -0.352 e. The molecule has 0 spiro atoms. The van der Waals surface area contributed by atoms with Crippen molar-refractivity contribution in [2.75, 3.05) is 0 Å². The number of nitrogens with one attached hydrogen (secondary N) is 2. The Morgan fingerprint density at radius 1 is 0.680 bits per heavy atom. The second kappa shape index (κ2) is 12.8. The fraction of sp³-hybridized carbons (Fsp3) is 0.0667. The van der Waals surface area contributed by atoms with Crippen LogP contribution >= 0.6 is 11.3 Å². The number of fused-ring (bicyclic) bond motifs is 6. The van der Waals surface area contributed by atoms with Crippen LogP contribution in [0.15, 0.2) is 168 Å². The number of aliphatic imine (C=N–C) groups is 1. The minimum absolute atomic E-state index is 0.302. The van der Waals surface area contributed by atoms with Gasteiger partial charge in [-0.15, -0.1) is 11.3 Å². The third-order valence-electron chi connectivity index (χ3n) is 9.68. The van der Waals surface area contributed by atoms with E-state index in [4.69, 9.17) is 10.4 Å². The van der Waals surface area contributed by atoms with Gasteiger partial charge < -0.3 is 9.88 Å². The van der Waals surface area contributed by atoms with Crippen molar-refractivity contribution in [1.82, 2.24) is 9.88 Å². The highest BCUT2D eigenvalue weighted by molar-refractivity contribution is 7.26. The Labute approximate surface area is 294 Å². The van der Waals surface area contributed by atoms with Gasteiger partial charge in [-0.25, -0.2) is 4.99 Å². The Hall–Kier alpha value is -6.04. The van der Waals surface area contributed by atoms with Crippen molar-refractivity contribution in [3.05, 3.63) is 169 Å². The van der Waals surface area contributed by atoms with E-state index in [1.54, 1.807) is 0 Å². The summed E-state index contributed by atoms with van der Waals surface area (Å²) < 4.78 is 4.98. The van der Waals surface area contributed by atoms with E-state index in [2.05, 4.69) is 125 Å². The van der Waals surface area contributed by atoms with Gasteiger partial charge in [0.2, 0.25) is 0 Å². The molecule has 1 aliphatic rings. The zero-order chi connectivity index (χ0) is 33.4. The maximum absolute atomic E-state index is 8.82. The molecule has 0 unspecified atom stereocenters. The number of rotatable bonds is 6. The maximum Gasteiger partial charge on any atom is 0.150 e. The van der Waals surface area contributed by atoms with E-state index in [9.17, 15) is 0 Å². The van der Waals surface area contributed by atoms with Crippen LogP contribution in [0.25, 0.3) is 64.2 Å². The molecule has 240 valence electrons. The number of benzene rings is 6. The van der Waals surface area contributed by atoms with Crippen molar-refractivity contribution in [2.45, 2.75) is 19.5 Å². The average Bonchev–Trinajstić information content (AvgIpc) is 3.72. The van der Waals surface area contributed by atoms with E-state index in [1.807, 2.05) is 53.8 Å². The third kappa shape index (κ3) is 5.42. The Morgan fingerprint density at radius 3 is 2.30 bits per heavy atom. The van der Waals surface area contributed by atoms with Gasteiger partial charge in [0.1, 0.15) is 11.7 Å². The molecule has 1 aliphatic carbocycles. The fourth-order valence-electron chi connectivity index (χ4n) is 7.18. The first-order valence-electron chi connectivity index (χ1n) is 17.1. The Morgan fingerprint density at radius 2 is 1.42 bits per heavy atom. The number of para-hydroxylation sites is 1. The summed E-state index contributed by atoms with van der Waals surface area (Å²) in [6.45, 7) is 0.501. The normalized spacial score (nSPS) is 13.4. The molecule has 0 saturated heterocycles. The van der Waals surface area contributed by atoms with Crippen LogP contribution in [0.2, 0.25) is 0 Å². The van der Waals surface area contributed by atoms with Crippen LogP contribution in [0.4, 0.5) is 0 Å². The second-order valence-corrected chi connectivity index (χ2v) is 13.8. The zero-order valence-electron chi connectivity index (χ0n) is 27.4. The Balaban J connectivity index is 1.11. The molecule has 6 aromatic carbocycles. The fourth-order valence-corrected chi connectivity index (χ4v) is 8.42. The first kappa shape index (κ1) is 30.1. The van der Waals surface area contributed by atoms with E-state index < -0.39 is 0 Å². The van der Waals surface area contributed by atoms with Gasteiger partial charge in [0.05, 0.1) is 17.7 Å². The summed E-state index contributed by atoms with van der Waals surface area (Å²) in [4.78, 5) is 4.84. The number of hydrogen-bond donors (Lipinski definition) is 2. The second-order valence-electron chi connectivity index (χ2n) is 12.7. The highest BCUT2D eigenvalue weighted by Crippen LogP contribution is 2.41. The number of thiophene rings is 1. The number of nitrogens with zero attached hydrogens (tertiary/aromatic N) is 2. The molecule has 0 saturated carbocycles. The lowest BCUT2D eigenvalue weighted by Crippen LogP contribution is -2.28. The quantitative estimate of drug-likeness (QED) is 0.135. The molecule has 0 radical (unpaired) electrons. The van der Waals surface area contributed by atoms with Crippen molar-refractivity contribution in [3.63, 3.8) is 0 Å². The van der Waals surface area contributed by atoms with Gasteiger partial charge in [0, 0.05) is 36.5 Å². The van der Waals surface area contributed by atoms with Gasteiger partial charge in [-0.3, -0.25) is 5.41 Å². The Kier molecular flexibility index (Phi) is 7.68. The van der Waals surface area contributed by atoms with Crippen LogP contribution in [0.5, 0.6) is 0 Å². The number of hydrogen-bond acceptors (Lipinski definition) is 2. The van der Waals surface area contributed by atoms with Crippen LogP contribution in [-0.4, -0.2) is 16.2 Å². The first-order valence-corrected chi connectivity index (χ1v) is 17.9. The summed E-state index contributed by atoms with van der Waals surface area (Å²) in [6, 6.07) is 49.8. The van der Waals surface area contributed by atoms with Crippen LogP contribution in [-0.2, 0) is 6.67 Å². The molecule has 5 heteroatoms. The van der Waals surface area contributed by atoms with Crippen molar-refractivity contribution in [2.24, 2.45) is 4.99 Å². The smallest absolute Gasteiger partial charge is 0.150 e. The molecule has 9 rings (SSSR count). The van der Waals surface area contributed by atoms with Crippen LogP contribution < -0.4 is 5.32 Å². The van der Waals surface area contributed by atoms with Crippen LogP contribution in [0.1, 0.15) is 18.4 Å². The lowest BCUT2D eigenvalue weighted by atomic mass is 9.97. The van der Waals surface area contributed by atoms with E-state index in [1.165, 1.54) is 53.2 Å². The maximum atomic E-state index is 8.82. The molecule has 50 heavy (non-hydrogen) atoms. The van der Waals surface area contributed by atoms with Gasteiger partial charge in [0.15, 0.2) is 0 Å². The van der Waals surface area contributed by atoms with Crippen LogP contribution in [0.3, 0.4) is 0 Å². The predicted molar refractivity (Wildman–Crippen MR) is 214 cm³/mol. The molecular formula is C45H34N4S. The lowest BCUT2D eigenvalue weighted by molar-refractivity contribution is 0.710. The molecule has 8 aromatic rings. The monoisotopic (exact) mass is 662 g/mol. The van der Waals surface area contributed by atoms with Gasteiger partial charge in [-0.1, -0.05) is 133 Å². The third-order valence-corrected chi connectivity index (χ3v) is 10.9. The molecule has 0 aliphatic heterocycles. The molecular weight excluding hydrogens is 629 g/mol. The summed E-state index contributed by atoms with van der Waals surface area (Å²) in [6.07, 6.45) is 7.93. The molecule has 2 heterocycles. The molecule has 0 amide bonds. The van der Waals surface area contributed by atoms with Gasteiger partial charge in [0.25, 0.3) is 0 Å². The number of amidine groups is 2. The summed E-state index contributed by atoms with van der Waals surface area (Å²) >= 11 is 1.87. The van der Waals surface area contributed by atoms with Gasteiger partial charge in [-0.05, 0) is 64.9 Å². The van der Waals surface area contributed by atoms with E-state index in [0.29, 0.717) is 18.3 Å². The van der Waals surface area contributed by atoms with Gasteiger partial charge >= 0.3 is 0 Å². The molecule has 4 nitrogen and oxygen atoms in total. The summed E-state index contributed by atoms with van der Waals surface area (Å²) in [7, 11) is 0. The molecule has 0 atom stereocenters.